The third-order valence-corrected chi connectivity index (χ3v) is 8.37. The number of carbonyl (C=O) groups is 1. The first kappa shape index (κ1) is 22.7. The van der Waals surface area contributed by atoms with Crippen LogP contribution in [0.25, 0.3) is 0 Å². The highest BCUT2D eigenvalue weighted by Crippen LogP contribution is 2.30. The predicted molar refractivity (Wildman–Crippen MR) is 118 cm³/mol. The highest BCUT2D eigenvalue weighted by Gasteiger charge is 2.23. The van der Waals surface area contributed by atoms with E-state index in [1.54, 1.807) is 17.8 Å². The number of benzene rings is 2. The molecule has 30 heavy (non-hydrogen) atoms. The Kier molecular flexibility index (Phi) is 6.56. The maximum atomic E-state index is 12.8. The van der Waals surface area contributed by atoms with Gasteiger partial charge in [-0.25, -0.2) is 21.6 Å². The molecule has 0 amide bonds. The van der Waals surface area contributed by atoms with E-state index in [2.05, 4.69) is 4.72 Å². The molecule has 1 saturated heterocycles. The Labute approximate surface area is 184 Å². The number of halogens is 1. The molecule has 1 aliphatic rings. The largest absolute Gasteiger partial charge is 0.478 e. The van der Waals surface area contributed by atoms with Gasteiger partial charge in [0, 0.05) is 36.5 Å². The van der Waals surface area contributed by atoms with Crippen LogP contribution in [-0.4, -0.2) is 58.8 Å². The topological polar surface area (TPSA) is 121 Å². The highest BCUT2D eigenvalue weighted by atomic mass is 35.5. The molecule has 0 atom stereocenters. The number of hydrogen-bond acceptors (Lipinski definition) is 7. The van der Waals surface area contributed by atoms with E-state index >= 15 is 0 Å². The smallest absolute Gasteiger partial charge is 0.337 e. The van der Waals surface area contributed by atoms with Crippen LogP contribution in [0.5, 0.6) is 0 Å². The summed E-state index contributed by atoms with van der Waals surface area (Å²) in [5.74, 6) is 0.576. The lowest BCUT2D eigenvalue weighted by Gasteiger charge is -2.29. The van der Waals surface area contributed by atoms with Crippen LogP contribution in [0.15, 0.2) is 46.2 Å². The molecule has 3 rings (SSSR count). The minimum absolute atomic E-state index is 0.0296. The number of nitrogens with zero attached hydrogens (tertiary/aromatic N) is 1. The molecule has 0 aliphatic carbocycles. The van der Waals surface area contributed by atoms with Crippen LogP contribution in [0.3, 0.4) is 0 Å². The number of anilines is 2. The number of carboxylic acids is 1. The summed E-state index contributed by atoms with van der Waals surface area (Å²) in [6.07, 6.45) is 0.955. The van der Waals surface area contributed by atoms with Gasteiger partial charge in [0.05, 0.1) is 21.2 Å². The third-order valence-electron chi connectivity index (χ3n) is 4.45. The third kappa shape index (κ3) is 5.02. The molecule has 12 heteroatoms. The lowest BCUT2D eigenvalue weighted by molar-refractivity contribution is 0.0697. The standard InChI is InChI=1S/C18H19ClN2O6S3/c1-29(24,25)13-3-4-15(19)17(11-13)30(26,27)20-12-2-5-16(14(10-12)18(22)23)21-6-8-28-9-7-21/h2-5,10-11,20H,6-9H2,1H3,(H,22,23). The second-order valence-electron chi connectivity index (χ2n) is 6.61. The Morgan fingerprint density at radius 2 is 1.77 bits per heavy atom. The average molecular weight is 491 g/mol. The number of sulfone groups is 1. The predicted octanol–water partition coefficient (Wildman–Crippen LogP) is 2.80. The second kappa shape index (κ2) is 8.66. The van der Waals surface area contributed by atoms with Crippen molar-refractivity contribution in [1.29, 1.82) is 0 Å². The molecule has 0 radical (unpaired) electrons. The van der Waals surface area contributed by atoms with Crippen LogP contribution in [-0.2, 0) is 19.9 Å². The summed E-state index contributed by atoms with van der Waals surface area (Å²) in [7, 11) is -7.91. The molecule has 0 aromatic heterocycles. The van der Waals surface area contributed by atoms with Crippen molar-refractivity contribution in [2.45, 2.75) is 9.79 Å². The Morgan fingerprint density at radius 3 is 2.37 bits per heavy atom. The van der Waals surface area contributed by atoms with Crippen LogP contribution >= 0.6 is 23.4 Å². The van der Waals surface area contributed by atoms with Crippen molar-refractivity contribution >= 4 is 60.6 Å². The Balaban J connectivity index is 1.97. The van der Waals surface area contributed by atoms with E-state index in [9.17, 15) is 26.7 Å². The van der Waals surface area contributed by atoms with Gasteiger partial charge in [0.15, 0.2) is 9.84 Å². The summed E-state index contributed by atoms with van der Waals surface area (Å²) in [6.45, 7) is 1.40. The van der Waals surface area contributed by atoms with E-state index in [4.69, 9.17) is 11.6 Å². The fraction of sp³-hybridized carbons (Fsp3) is 0.278. The summed E-state index contributed by atoms with van der Waals surface area (Å²) < 4.78 is 51.4. The molecule has 0 unspecified atom stereocenters. The van der Waals surface area contributed by atoms with Gasteiger partial charge in [-0.3, -0.25) is 4.72 Å². The monoisotopic (exact) mass is 490 g/mol. The average Bonchev–Trinajstić information content (AvgIpc) is 2.67. The van der Waals surface area contributed by atoms with Gasteiger partial charge in [0.1, 0.15) is 4.90 Å². The van der Waals surface area contributed by atoms with Crippen molar-refractivity contribution in [3.63, 3.8) is 0 Å². The molecule has 0 spiro atoms. The first-order valence-electron chi connectivity index (χ1n) is 8.71. The number of thioether (sulfide) groups is 1. The van der Waals surface area contributed by atoms with Crippen molar-refractivity contribution in [2.24, 2.45) is 0 Å². The zero-order valence-corrected chi connectivity index (χ0v) is 19.0. The lowest BCUT2D eigenvalue weighted by atomic mass is 10.1. The van der Waals surface area contributed by atoms with Gasteiger partial charge in [0.25, 0.3) is 10.0 Å². The van der Waals surface area contributed by atoms with Gasteiger partial charge in [-0.1, -0.05) is 11.6 Å². The SMILES string of the molecule is CS(=O)(=O)c1ccc(Cl)c(S(=O)(=O)Nc2ccc(N3CCSCC3)c(C(=O)O)c2)c1. The summed E-state index contributed by atoms with van der Waals surface area (Å²) >= 11 is 7.77. The number of rotatable bonds is 6. The van der Waals surface area contributed by atoms with Gasteiger partial charge in [-0.05, 0) is 36.4 Å². The van der Waals surface area contributed by atoms with E-state index in [0.29, 0.717) is 18.8 Å². The van der Waals surface area contributed by atoms with E-state index < -0.39 is 30.7 Å². The number of nitrogens with one attached hydrogen (secondary N) is 1. The molecule has 0 saturated carbocycles. The van der Waals surface area contributed by atoms with Crippen LogP contribution in [0.1, 0.15) is 10.4 Å². The highest BCUT2D eigenvalue weighted by molar-refractivity contribution is 7.99. The van der Waals surface area contributed by atoms with Crippen molar-refractivity contribution in [3.05, 3.63) is 47.0 Å². The maximum Gasteiger partial charge on any atom is 0.337 e. The Bertz CT molecular complexity index is 1190. The first-order valence-corrected chi connectivity index (χ1v) is 13.6. The van der Waals surface area contributed by atoms with Crippen LogP contribution in [0, 0.1) is 0 Å². The van der Waals surface area contributed by atoms with Crippen molar-refractivity contribution in [2.75, 3.05) is 40.5 Å². The van der Waals surface area contributed by atoms with Crippen LogP contribution in [0.2, 0.25) is 5.02 Å². The second-order valence-corrected chi connectivity index (χ2v) is 11.9. The Morgan fingerprint density at radius 1 is 1.10 bits per heavy atom. The summed E-state index contributed by atoms with van der Waals surface area (Å²) in [5.41, 5.74) is 0.518. The molecule has 1 fully saturated rings. The molecule has 0 bridgehead atoms. The number of carboxylic acid groups (broad SMARTS) is 1. The summed E-state index contributed by atoms with van der Waals surface area (Å²) in [5, 5.41) is 9.45. The van der Waals surface area contributed by atoms with Crippen LogP contribution in [0.4, 0.5) is 11.4 Å². The lowest BCUT2D eigenvalue weighted by Crippen LogP contribution is -2.33. The zero-order chi connectivity index (χ0) is 22.1. The molecule has 2 N–H and O–H groups in total. The van der Waals surface area contributed by atoms with Gasteiger partial charge in [-0.15, -0.1) is 0 Å². The molecule has 1 heterocycles. The molecule has 2 aromatic carbocycles. The van der Waals surface area contributed by atoms with E-state index in [-0.39, 0.29) is 21.2 Å². The minimum atomic E-state index is -4.26. The first-order chi connectivity index (χ1) is 14.0. The van der Waals surface area contributed by atoms with Crippen molar-refractivity contribution in [1.82, 2.24) is 0 Å². The molecular formula is C18H19ClN2O6S3. The quantitative estimate of drug-likeness (QED) is 0.634. The van der Waals surface area contributed by atoms with E-state index in [0.717, 1.165) is 23.8 Å². The summed E-state index contributed by atoms with van der Waals surface area (Å²) in [6, 6.07) is 7.64. The molecule has 1 aliphatic heterocycles. The van der Waals surface area contributed by atoms with Gasteiger partial charge >= 0.3 is 5.97 Å². The Hall–Kier alpha value is -1.95. The van der Waals surface area contributed by atoms with E-state index in [1.165, 1.54) is 24.3 Å². The number of aromatic carboxylic acids is 1. The molecule has 8 nitrogen and oxygen atoms in total. The van der Waals surface area contributed by atoms with Crippen LogP contribution < -0.4 is 9.62 Å². The fourth-order valence-electron chi connectivity index (χ4n) is 2.98. The minimum Gasteiger partial charge on any atom is -0.478 e. The van der Waals surface area contributed by atoms with Gasteiger partial charge in [-0.2, -0.15) is 11.8 Å². The zero-order valence-electron chi connectivity index (χ0n) is 15.8. The van der Waals surface area contributed by atoms with Gasteiger partial charge < -0.3 is 10.0 Å². The van der Waals surface area contributed by atoms with E-state index in [1.807, 2.05) is 4.90 Å². The maximum absolute atomic E-state index is 12.8. The fourth-order valence-corrected chi connectivity index (χ4v) is 6.18. The van der Waals surface area contributed by atoms with Crippen molar-refractivity contribution < 1.29 is 26.7 Å². The molecular weight excluding hydrogens is 472 g/mol. The molecule has 2 aromatic rings. The van der Waals surface area contributed by atoms with Gasteiger partial charge in [0.2, 0.25) is 0 Å². The van der Waals surface area contributed by atoms with Crippen molar-refractivity contribution in [3.8, 4) is 0 Å². The summed E-state index contributed by atoms with van der Waals surface area (Å²) in [4.78, 5) is 13.1. The molecule has 162 valence electrons. The number of sulfonamides is 1. The number of hydrogen-bond donors (Lipinski definition) is 2. The normalized spacial score (nSPS) is 15.1.